The molecule has 0 aromatic heterocycles. The molecule has 2 heteroatoms. The highest BCUT2D eigenvalue weighted by Gasteiger charge is 2.00. The predicted octanol–water partition coefficient (Wildman–Crippen LogP) is 4.39. The van der Waals surface area contributed by atoms with E-state index >= 15 is 0 Å². The van der Waals surface area contributed by atoms with Crippen molar-refractivity contribution in [3.8, 4) is 11.8 Å². The lowest BCUT2D eigenvalue weighted by molar-refractivity contribution is 0.593. The Morgan fingerprint density at radius 3 is 2.56 bits per heavy atom. The fraction of sp³-hybridized carbons (Fsp3) is 0.500. The van der Waals surface area contributed by atoms with Crippen LogP contribution in [0.2, 0.25) is 0 Å². The van der Waals surface area contributed by atoms with Gasteiger partial charge in [-0.3, -0.25) is 4.99 Å². The average molecular weight is 244 g/mol. The summed E-state index contributed by atoms with van der Waals surface area (Å²) >= 11 is 0. The quantitative estimate of drug-likeness (QED) is 0.392. The van der Waals surface area contributed by atoms with Crippen LogP contribution < -0.4 is 0 Å². The van der Waals surface area contributed by atoms with Crippen LogP contribution in [0.5, 0.6) is 0 Å². The molecule has 0 saturated carbocycles. The summed E-state index contributed by atoms with van der Waals surface area (Å²) in [5.41, 5.74) is 1.73. The summed E-state index contributed by atoms with van der Waals surface area (Å²) in [6.07, 6.45) is 9.99. The van der Waals surface area contributed by atoms with Crippen molar-refractivity contribution in [2.75, 3.05) is 0 Å². The van der Waals surface area contributed by atoms with Crippen LogP contribution in [0.1, 0.15) is 47.0 Å². The zero-order chi connectivity index (χ0) is 13.8. The molecule has 0 fully saturated rings. The Kier molecular flexibility index (Phi) is 9.58. The van der Waals surface area contributed by atoms with E-state index in [4.69, 9.17) is 5.41 Å². The van der Waals surface area contributed by atoms with E-state index in [1.54, 1.807) is 6.21 Å². The van der Waals surface area contributed by atoms with Crippen molar-refractivity contribution in [2.24, 2.45) is 10.9 Å². The minimum absolute atomic E-state index is 0.669. The maximum absolute atomic E-state index is 7.47. The third-order valence-corrected chi connectivity index (χ3v) is 2.40. The second-order valence-corrected chi connectivity index (χ2v) is 4.38. The molecular formula is C16H24N2. The highest BCUT2D eigenvalue weighted by molar-refractivity contribution is 5.83. The molecule has 1 N–H and O–H groups in total. The Balaban J connectivity index is 4.85. The second kappa shape index (κ2) is 10.5. The van der Waals surface area contributed by atoms with Crippen molar-refractivity contribution < 1.29 is 0 Å². The smallest absolute Gasteiger partial charge is 0.0670 e. The summed E-state index contributed by atoms with van der Waals surface area (Å²) in [7, 11) is 0. The lowest BCUT2D eigenvalue weighted by Gasteiger charge is -2.04. The maximum Gasteiger partial charge on any atom is 0.0670 e. The van der Waals surface area contributed by atoms with Crippen molar-refractivity contribution >= 4 is 12.4 Å². The Hall–Kier alpha value is -1.62. The SMILES string of the molecule is CC#CC\C=C(C=N)/C(=C\CCC(C)C)/N=C/C. The van der Waals surface area contributed by atoms with Crippen LogP contribution in [0.25, 0.3) is 0 Å². The van der Waals surface area contributed by atoms with Crippen molar-refractivity contribution in [2.45, 2.75) is 47.0 Å². The van der Waals surface area contributed by atoms with Gasteiger partial charge in [-0.25, -0.2) is 0 Å². The first-order valence-electron chi connectivity index (χ1n) is 6.45. The Morgan fingerprint density at radius 1 is 1.33 bits per heavy atom. The number of hydrogen-bond acceptors (Lipinski definition) is 2. The molecule has 0 amide bonds. The van der Waals surface area contributed by atoms with E-state index in [9.17, 15) is 0 Å². The minimum atomic E-state index is 0.669. The Bertz CT molecular complexity index is 387. The van der Waals surface area contributed by atoms with Crippen LogP contribution in [0.4, 0.5) is 0 Å². The first kappa shape index (κ1) is 16.4. The summed E-state index contributed by atoms with van der Waals surface area (Å²) in [4.78, 5) is 4.34. The van der Waals surface area contributed by atoms with Gasteiger partial charge in [0.05, 0.1) is 5.70 Å². The summed E-state index contributed by atoms with van der Waals surface area (Å²) < 4.78 is 0. The van der Waals surface area contributed by atoms with Crippen LogP contribution in [0.3, 0.4) is 0 Å². The monoisotopic (exact) mass is 244 g/mol. The van der Waals surface area contributed by atoms with E-state index in [0.29, 0.717) is 12.3 Å². The molecule has 0 atom stereocenters. The van der Waals surface area contributed by atoms with Gasteiger partial charge in [-0.15, -0.1) is 5.92 Å². The van der Waals surface area contributed by atoms with Gasteiger partial charge in [0.25, 0.3) is 0 Å². The van der Waals surface area contributed by atoms with Gasteiger partial charge in [-0.1, -0.05) is 31.9 Å². The normalized spacial score (nSPS) is 12.7. The number of rotatable bonds is 7. The van der Waals surface area contributed by atoms with Gasteiger partial charge < -0.3 is 5.41 Å². The predicted molar refractivity (Wildman–Crippen MR) is 81.3 cm³/mol. The topological polar surface area (TPSA) is 36.2 Å². The van der Waals surface area contributed by atoms with Gasteiger partial charge in [-0.2, -0.15) is 0 Å². The molecule has 18 heavy (non-hydrogen) atoms. The zero-order valence-corrected chi connectivity index (χ0v) is 12.0. The fourth-order valence-electron chi connectivity index (χ4n) is 1.44. The molecule has 0 aliphatic heterocycles. The van der Waals surface area contributed by atoms with Crippen LogP contribution in [0.15, 0.2) is 28.4 Å². The van der Waals surface area contributed by atoms with Crippen LogP contribution in [0, 0.1) is 23.2 Å². The van der Waals surface area contributed by atoms with Gasteiger partial charge in [0.1, 0.15) is 0 Å². The third kappa shape index (κ3) is 7.62. The molecule has 0 heterocycles. The number of aliphatic imine (C=N–C) groups is 1. The van der Waals surface area contributed by atoms with Crippen LogP contribution in [-0.4, -0.2) is 12.4 Å². The van der Waals surface area contributed by atoms with Gasteiger partial charge in [0.2, 0.25) is 0 Å². The van der Waals surface area contributed by atoms with Gasteiger partial charge >= 0.3 is 0 Å². The molecule has 2 nitrogen and oxygen atoms in total. The van der Waals surface area contributed by atoms with Gasteiger partial charge in [-0.05, 0) is 32.6 Å². The molecule has 0 aromatic carbocycles. The molecule has 98 valence electrons. The lowest BCUT2D eigenvalue weighted by atomic mass is 10.1. The number of allylic oxidation sites excluding steroid dienone is 3. The van der Waals surface area contributed by atoms with Crippen LogP contribution in [-0.2, 0) is 0 Å². The first-order chi connectivity index (χ1) is 8.65. The number of nitrogens with one attached hydrogen (secondary N) is 1. The summed E-state index contributed by atoms with van der Waals surface area (Å²) in [6, 6.07) is 0. The standard InChI is InChI=1S/C16H24N2/c1-5-7-8-11-15(13-17)16(18-6-2)12-9-10-14(3)4/h6,11-14,17H,8-10H2,1-4H3/b15-11-,16-12+,17-13?,18-6+. The molecule has 0 rings (SSSR count). The van der Waals surface area contributed by atoms with Crippen molar-refractivity contribution in [1.82, 2.24) is 0 Å². The van der Waals surface area contributed by atoms with E-state index in [0.717, 1.165) is 24.1 Å². The zero-order valence-electron chi connectivity index (χ0n) is 12.0. The third-order valence-electron chi connectivity index (χ3n) is 2.40. The van der Waals surface area contributed by atoms with E-state index in [2.05, 4.69) is 36.8 Å². The summed E-state index contributed by atoms with van der Waals surface area (Å²) in [6.45, 7) is 8.13. The molecule has 0 aliphatic carbocycles. The van der Waals surface area contributed by atoms with Crippen molar-refractivity contribution in [3.63, 3.8) is 0 Å². The highest BCUT2D eigenvalue weighted by Crippen LogP contribution is 2.14. The Morgan fingerprint density at radius 2 is 2.06 bits per heavy atom. The second-order valence-electron chi connectivity index (χ2n) is 4.38. The average Bonchev–Trinajstić information content (AvgIpc) is 2.33. The summed E-state index contributed by atoms with van der Waals surface area (Å²) in [5, 5.41) is 7.47. The minimum Gasteiger partial charge on any atom is -0.308 e. The molecule has 0 spiro atoms. The van der Waals surface area contributed by atoms with Crippen molar-refractivity contribution in [3.05, 3.63) is 23.4 Å². The van der Waals surface area contributed by atoms with Crippen molar-refractivity contribution in [1.29, 1.82) is 5.41 Å². The molecule has 0 bridgehead atoms. The first-order valence-corrected chi connectivity index (χ1v) is 6.45. The van der Waals surface area contributed by atoms with Crippen LogP contribution >= 0.6 is 0 Å². The highest BCUT2D eigenvalue weighted by atomic mass is 14.7. The van der Waals surface area contributed by atoms with E-state index in [1.165, 1.54) is 6.21 Å². The molecule has 0 aliphatic rings. The maximum atomic E-state index is 7.47. The fourth-order valence-corrected chi connectivity index (χ4v) is 1.44. The molecule has 0 saturated heterocycles. The Labute approximate surface area is 111 Å². The lowest BCUT2D eigenvalue weighted by Crippen LogP contribution is -1.91. The largest absolute Gasteiger partial charge is 0.308 e. The number of nitrogens with zero attached hydrogens (tertiary/aromatic N) is 1. The van der Waals surface area contributed by atoms with E-state index < -0.39 is 0 Å². The summed E-state index contributed by atoms with van der Waals surface area (Å²) in [5.74, 6) is 6.51. The molecular weight excluding hydrogens is 220 g/mol. The van der Waals surface area contributed by atoms with Gasteiger partial charge in [0.15, 0.2) is 0 Å². The molecule has 0 aromatic rings. The number of hydrogen-bond donors (Lipinski definition) is 1. The van der Waals surface area contributed by atoms with E-state index in [1.807, 2.05) is 19.9 Å². The molecule has 0 radical (unpaired) electrons. The van der Waals surface area contributed by atoms with E-state index in [-0.39, 0.29) is 0 Å². The van der Waals surface area contributed by atoms with Gasteiger partial charge in [0, 0.05) is 24.4 Å². The molecule has 0 unspecified atom stereocenters.